The topological polar surface area (TPSA) is 67.3 Å². The first-order valence-electron chi connectivity index (χ1n) is 8.26. The number of aliphatic hydroxyl groups excluding tert-OH is 1. The number of nitrogens with one attached hydrogen (secondary N) is 1. The summed E-state index contributed by atoms with van der Waals surface area (Å²) in [6.07, 6.45) is -0.571. The van der Waals surface area contributed by atoms with Crippen LogP contribution in [-0.2, 0) is 0 Å². The molecule has 0 bridgehead atoms. The Kier molecular flexibility index (Phi) is 6.49. The SMILES string of the molecule is Cc1ccc(Nc2nnc(SC[C@H](O)COc3ccc(C)cc3)s2)cc1. The predicted octanol–water partition coefficient (Wildman–Crippen LogP) is 4.43. The zero-order valence-corrected chi connectivity index (χ0v) is 16.3. The molecule has 0 aliphatic rings. The van der Waals surface area contributed by atoms with Gasteiger partial charge in [0.15, 0.2) is 4.34 Å². The molecule has 26 heavy (non-hydrogen) atoms. The van der Waals surface area contributed by atoms with Crippen LogP contribution in [0.2, 0.25) is 0 Å². The molecule has 0 radical (unpaired) electrons. The average molecular weight is 388 g/mol. The molecule has 2 aromatic carbocycles. The van der Waals surface area contributed by atoms with Crippen LogP contribution < -0.4 is 10.1 Å². The maximum Gasteiger partial charge on any atom is 0.210 e. The fourth-order valence-electron chi connectivity index (χ4n) is 2.12. The summed E-state index contributed by atoms with van der Waals surface area (Å²) < 4.78 is 6.41. The van der Waals surface area contributed by atoms with E-state index in [-0.39, 0.29) is 6.61 Å². The van der Waals surface area contributed by atoms with Gasteiger partial charge in [-0.1, -0.05) is 58.5 Å². The lowest BCUT2D eigenvalue weighted by molar-refractivity contribution is 0.126. The van der Waals surface area contributed by atoms with Gasteiger partial charge in [0, 0.05) is 11.4 Å². The van der Waals surface area contributed by atoms with Crippen molar-refractivity contribution in [3.63, 3.8) is 0 Å². The summed E-state index contributed by atoms with van der Waals surface area (Å²) in [7, 11) is 0. The van der Waals surface area contributed by atoms with Crippen LogP contribution in [0.5, 0.6) is 5.75 Å². The Morgan fingerprint density at radius 2 is 1.69 bits per heavy atom. The first kappa shape index (κ1) is 18.7. The minimum Gasteiger partial charge on any atom is -0.491 e. The minimum atomic E-state index is -0.571. The van der Waals surface area contributed by atoms with Crippen LogP contribution in [0, 0.1) is 13.8 Å². The van der Waals surface area contributed by atoms with Crippen molar-refractivity contribution in [3.05, 3.63) is 59.7 Å². The summed E-state index contributed by atoms with van der Waals surface area (Å²) in [5, 5.41) is 22.3. The number of thioether (sulfide) groups is 1. The second-order valence-electron chi connectivity index (χ2n) is 5.95. The fraction of sp³-hybridized carbons (Fsp3) is 0.263. The normalized spacial score (nSPS) is 12.0. The lowest BCUT2D eigenvalue weighted by Crippen LogP contribution is -2.20. The van der Waals surface area contributed by atoms with Gasteiger partial charge >= 0.3 is 0 Å². The molecule has 0 unspecified atom stereocenters. The third-order valence-electron chi connectivity index (χ3n) is 3.57. The molecule has 3 rings (SSSR count). The predicted molar refractivity (Wildman–Crippen MR) is 108 cm³/mol. The molecule has 0 spiro atoms. The monoisotopic (exact) mass is 387 g/mol. The molecule has 0 aliphatic heterocycles. The number of rotatable bonds is 8. The highest BCUT2D eigenvalue weighted by Gasteiger charge is 2.10. The Morgan fingerprint density at radius 1 is 1.04 bits per heavy atom. The van der Waals surface area contributed by atoms with Crippen LogP contribution >= 0.6 is 23.1 Å². The molecule has 3 aromatic rings. The summed E-state index contributed by atoms with van der Waals surface area (Å²) in [5.41, 5.74) is 3.38. The molecule has 7 heteroatoms. The van der Waals surface area contributed by atoms with E-state index in [0.29, 0.717) is 5.75 Å². The molecule has 0 saturated carbocycles. The van der Waals surface area contributed by atoms with E-state index in [9.17, 15) is 5.11 Å². The number of hydrogen-bond acceptors (Lipinski definition) is 7. The number of aryl methyl sites for hydroxylation is 2. The van der Waals surface area contributed by atoms with Gasteiger partial charge in [-0.05, 0) is 38.1 Å². The molecule has 2 N–H and O–H groups in total. The molecular formula is C19H21N3O2S2. The van der Waals surface area contributed by atoms with E-state index < -0.39 is 6.10 Å². The van der Waals surface area contributed by atoms with E-state index in [2.05, 4.69) is 22.4 Å². The molecule has 5 nitrogen and oxygen atoms in total. The smallest absolute Gasteiger partial charge is 0.210 e. The third kappa shape index (κ3) is 5.72. The zero-order valence-electron chi connectivity index (χ0n) is 14.7. The van der Waals surface area contributed by atoms with Crippen LogP contribution in [0.3, 0.4) is 0 Å². The van der Waals surface area contributed by atoms with E-state index >= 15 is 0 Å². The second-order valence-corrected chi connectivity index (χ2v) is 8.20. The first-order chi connectivity index (χ1) is 12.6. The quantitative estimate of drug-likeness (QED) is 0.557. The molecule has 0 fully saturated rings. The van der Waals surface area contributed by atoms with Crippen LogP contribution in [0.4, 0.5) is 10.8 Å². The Labute approximate surface area is 161 Å². The molecule has 0 amide bonds. The van der Waals surface area contributed by atoms with Crippen molar-refractivity contribution in [2.45, 2.75) is 24.3 Å². The van der Waals surface area contributed by atoms with E-state index in [0.717, 1.165) is 20.9 Å². The van der Waals surface area contributed by atoms with Crippen LogP contribution in [0.15, 0.2) is 52.9 Å². The minimum absolute atomic E-state index is 0.253. The maximum atomic E-state index is 10.1. The van der Waals surface area contributed by atoms with Gasteiger partial charge in [0.05, 0.1) is 6.10 Å². The average Bonchev–Trinajstić information content (AvgIpc) is 3.09. The van der Waals surface area contributed by atoms with Crippen LogP contribution in [0.25, 0.3) is 0 Å². The number of hydrogen-bond donors (Lipinski definition) is 2. The van der Waals surface area contributed by atoms with Crippen LogP contribution in [0.1, 0.15) is 11.1 Å². The van der Waals surface area contributed by atoms with E-state index in [1.807, 2.05) is 55.5 Å². The molecule has 1 atom stereocenters. The molecule has 136 valence electrons. The molecule has 0 saturated heterocycles. The van der Waals surface area contributed by atoms with Crippen molar-refractivity contribution in [1.29, 1.82) is 0 Å². The van der Waals surface area contributed by atoms with Gasteiger partial charge in [0.2, 0.25) is 5.13 Å². The highest BCUT2D eigenvalue weighted by Crippen LogP contribution is 2.28. The standard InChI is InChI=1S/C19H21N3O2S2/c1-13-3-7-15(8-4-13)20-18-21-22-19(26-18)25-12-16(23)11-24-17-9-5-14(2)6-10-17/h3-10,16,23H,11-12H2,1-2H3,(H,20,21)/t16-/m1/s1. The Balaban J connectivity index is 1.43. The van der Waals surface area contributed by atoms with Crippen molar-refractivity contribution in [1.82, 2.24) is 10.2 Å². The maximum absolute atomic E-state index is 10.1. The van der Waals surface area contributed by atoms with Gasteiger partial charge in [-0.3, -0.25) is 0 Å². The number of aromatic nitrogens is 2. The number of ether oxygens (including phenoxy) is 1. The van der Waals surface area contributed by atoms with Crippen molar-refractivity contribution in [2.75, 3.05) is 17.7 Å². The largest absolute Gasteiger partial charge is 0.491 e. The van der Waals surface area contributed by atoms with E-state index in [1.165, 1.54) is 34.2 Å². The summed E-state index contributed by atoms with van der Waals surface area (Å²) in [4.78, 5) is 0. The Morgan fingerprint density at radius 3 is 2.38 bits per heavy atom. The Bertz CT molecular complexity index is 820. The number of aliphatic hydroxyl groups is 1. The van der Waals surface area contributed by atoms with Crippen molar-refractivity contribution >= 4 is 33.9 Å². The van der Waals surface area contributed by atoms with Crippen molar-refractivity contribution < 1.29 is 9.84 Å². The van der Waals surface area contributed by atoms with E-state index in [4.69, 9.17) is 4.74 Å². The summed E-state index contributed by atoms with van der Waals surface area (Å²) in [5.74, 6) is 1.27. The van der Waals surface area contributed by atoms with Gasteiger partial charge in [-0.2, -0.15) is 0 Å². The number of anilines is 2. The van der Waals surface area contributed by atoms with Gasteiger partial charge < -0.3 is 15.2 Å². The highest BCUT2D eigenvalue weighted by atomic mass is 32.2. The molecule has 1 aromatic heterocycles. The highest BCUT2D eigenvalue weighted by molar-refractivity contribution is 8.01. The van der Waals surface area contributed by atoms with Crippen molar-refractivity contribution in [2.24, 2.45) is 0 Å². The molecule has 0 aliphatic carbocycles. The number of benzene rings is 2. The summed E-state index contributed by atoms with van der Waals surface area (Å²) in [6, 6.07) is 15.9. The number of nitrogens with zero attached hydrogens (tertiary/aromatic N) is 2. The van der Waals surface area contributed by atoms with Gasteiger partial charge in [-0.15, -0.1) is 10.2 Å². The van der Waals surface area contributed by atoms with Crippen LogP contribution in [-0.4, -0.2) is 33.8 Å². The fourth-order valence-corrected chi connectivity index (χ4v) is 3.83. The van der Waals surface area contributed by atoms with Crippen molar-refractivity contribution in [3.8, 4) is 5.75 Å². The van der Waals surface area contributed by atoms with Gasteiger partial charge in [0.1, 0.15) is 12.4 Å². The van der Waals surface area contributed by atoms with E-state index in [1.54, 1.807) is 0 Å². The Hall–Kier alpha value is -2.09. The zero-order chi connectivity index (χ0) is 18.4. The third-order valence-corrected chi connectivity index (χ3v) is 5.69. The van der Waals surface area contributed by atoms with Gasteiger partial charge in [-0.25, -0.2) is 0 Å². The lowest BCUT2D eigenvalue weighted by atomic mass is 10.2. The molecular weight excluding hydrogens is 366 g/mol. The first-order valence-corrected chi connectivity index (χ1v) is 10.1. The summed E-state index contributed by atoms with van der Waals surface area (Å²) in [6.45, 7) is 4.33. The lowest BCUT2D eigenvalue weighted by Gasteiger charge is -2.11. The van der Waals surface area contributed by atoms with Gasteiger partial charge in [0.25, 0.3) is 0 Å². The second kappa shape index (κ2) is 9.02. The molecule has 1 heterocycles. The summed E-state index contributed by atoms with van der Waals surface area (Å²) >= 11 is 2.94.